The quantitative estimate of drug-likeness (QED) is 0.356. The molecule has 0 saturated heterocycles. The van der Waals surface area contributed by atoms with Crippen molar-refractivity contribution in [3.63, 3.8) is 0 Å². The second kappa shape index (κ2) is 10.6. The van der Waals surface area contributed by atoms with Crippen molar-refractivity contribution >= 4 is 33.3 Å². The molecule has 134 valence electrons. The molecule has 0 spiro atoms. The van der Waals surface area contributed by atoms with Gasteiger partial charge in [0.15, 0.2) is 0 Å². The van der Waals surface area contributed by atoms with E-state index in [-0.39, 0.29) is 0 Å². The maximum atomic E-state index is 5.20. The lowest BCUT2D eigenvalue weighted by molar-refractivity contribution is 0.414. The number of rotatable bonds is 9. The van der Waals surface area contributed by atoms with Crippen molar-refractivity contribution < 1.29 is 4.74 Å². The molecule has 0 aliphatic carbocycles. The van der Waals surface area contributed by atoms with Crippen LogP contribution in [0.3, 0.4) is 0 Å². The Balaban J connectivity index is 1.44. The third kappa shape index (κ3) is 6.35. The van der Waals surface area contributed by atoms with E-state index in [0.717, 1.165) is 23.0 Å². The van der Waals surface area contributed by atoms with E-state index in [4.69, 9.17) is 4.74 Å². The van der Waals surface area contributed by atoms with Crippen molar-refractivity contribution in [2.24, 2.45) is 0 Å². The standard InChI is InChI=1S/C22H22OS3/c1-23-21-12-10-19(11-13-21)17-25-26-22-9-5-8-20(14-22)16-24-15-18-6-3-2-4-7-18/h2-14H,15-17H2,1H3. The SMILES string of the molecule is COc1ccc(CSSc2cccc(CSCc3ccccc3)c2)cc1. The van der Waals surface area contributed by atoms with E-state index in [1.54, 1.807) is 7.11 Å². The molecule has 1 nitrogen and oxygen atoms in total. The number of ether oxygens (including phenoxy) is 1. The minimum atomic E-state index is 0.909. The highest BCUT2D eigenvalue weighted by Gasteiger charge is 2.01. The van der Waals surface area contributed by atoms with E-state index in [2.05, 4.69) is 66.7 Å². The molecule has 0 radical (unpaired) electrons. The molecule has 0 amide bonds. The maximum absolute atomic E-state index is 5.20. The third-order valence-electron chi connectivity index (χ3n) is 3.82. The van der Waals surface area contributed by atoms with Crippen LogP contribution in [0.15, 0.2) is 83.8 Å². The number of thioether (sulfide) groups is 1. The highest BCUT2D eigenvalue weighted by Crippen LogP contribution is 2.34. The van der Waals surface area contributed by atoms with Crippen LogP contribution in [0, 0.1) is 0 Å². The zero-order valence-electron chi connectivity index (χ0n) is 14.8. The van der Waals surface area contributed by atoms with Gasteiger partial charge in [-0.15, -0.1) is 0 Å². The Labute approximate surface area is 168 Å². The van der Waals surface area contributed by atoms with Gasteiger partial charge in [-0.3, -0.25) is 0 Å². The van der Waals surface area contributed by atoms with Gasteiger partial charge in [0.25, 0.3) is 0 Å². The van der Waals surface area contributed by atoms with Crippen molar-refractivity contribution in [3.8, 4) is 5.75 Å². The average Bonchev–Trinajstić information content (AvgIpc) is 2.70. The Hall–Kier alpha value is -1.49. The zero-order valence-corrected chi connectivity index (χ0v) is 17.2. The van der Waals surface area contributed by atoms with Crippen LogP contribution in [0.25, 0.3) is 0 Å². The fraction of sp³-hybridized carbons (Fsp3) is 0.182. The highest BCUT2D eigenvalue weighted by atomic mass is 33.1. The van der Waals surface area contributed by atoms with Crippen LogP contribution in [-0.2, 0) is 17.3 Å². The maximum Gasteiger partial charge on any atom is 0.118 e. The van der Waals surface area contributed by atoms with Gasteiger partial charge in [-0.05, 0) is 41.0 Å². The Bertz CT molecular complexity index is 788. The van der Waals surface area contributed by atoms with Crippen molar-refractivity contribution in [2.75, 3.05) is 7.11 Å². The fourth-order valence-electron chi connectivity index (χ4n) is 2.44. The van der Waals surface area contributed by atoms with Gasteiger partial charge in [-0.25, -0.2) is 0 Å². The predicted molar refractivity (Wildman–Crippen MR) is 118 cm³/mol. The zero-order chi connectivity index (χ0) is 18.0. The van der Waals surface area contributed by atoms with Crippen LogP contribution in [0.2, 0.25) is 0 Å². The smallest absolute Gasteiger partial charge is 0.118 e. The topological polar surface area (TPSA) is 9.23 Å². The van der Waals surface area contributed by atoms with Gasteiger partial charge >= 0.3 is 0 Å². The van der Waals surface area contributed by atoms with E-state index in [9.17, 15) is 0 Å². The van der Waals surface area contributed by atoms with Crippen LogP contribution >= 0.6 is 33.3 Å². The number of benzene rings is 3. The normalized spacial score (nSPS) is 10.7. The Morgan fingerprint density at radius 3 is 2.15 bits per heavy atom. The molecule has 0 aromatic heterocycles. The second-order valence-corrected chi connectivity index (χ2v) is 9.17. The molecule has 0 atom stereocenters. The lowest BCUT2D eigenvalue weighted by atomic mass is 10.2. The molecule has 3 aromatic rings. The van der Waals surface area contributed by atoms with Crippen molar-refractivity contribution in [3.05, 3.63) is 95.6 Å². The summed E-state index contributed by atoms with van der Waals surface area (Å²) in [5.41, 5.74) is 4.09. The molecular weight excluding hydrogens is 376 g/mol. The molecule has 4 heteroatoms. The second-order valence-electron chi connectivity index (χ2n) is 5.82. The first-order valence-corrected chi connectivity index (χ1v) is 11.9. The van der Waals surface area contributed by atoms with E-state index >= 15 is 0 Å². The lowest BCUT2D eigenvalue weighted by Crippen LogP contribution is -1.84. The fourth-order valence-corrected chi connectivity index (χ4v) is 5.54. The minimum Gasteiger partial charge on any atom is -0.497 e. The largest absolute Gasteiger partial charge is 0.497 e. The molecule has 3 aromatic carbocycles. The van der Waals surface area contributed by atoms with E-state index in [1.807, 2.05) is 45.5 Å². The summed E-state index contributed by atoms with van der Waals surface area (Å²) >= 11 is 1.96. The van der Waals surface area contributed by atoms with Crippen LogP contribution in [0.4, 0.5) is 0 Å². The molecule has 3 rings (SSSR count). The van der Waals surface area contributed by atoms with Gasteiger partial charge in [-0.1, -0.05) is 76.2 Å². The van der Waals surface area contributed by atoms with E-state index < -0.39 is 0 Å². The summed E-state index contributed by atoms with van der Waals surface area (Å²) in [6.07, 6.45) is 0. The van der Waals surface area contributed by atoms with Gasteiger partial charge in [-0.2, -0.15) is 11.8 Å². The van der Waals surface area contributed by atoms with Crippen molar-refractivity contribution in [2.45, 2.75) is 22.2 Å². The lowest BCUT2D eigenvalue weighted by Gasteiger charge is -2.06. The van der Waals surface area contributed by atoms with Crippen LogP contribution in [0.5, 0.6) is 5.75 Å². The summed E-state index contributed by atoms with van der Waals surface area (Å²) in [6, 6.07) is 27.8. The first kappa shape index (κ1) is 19.3. The van der Waals surface area contributed by atoms with Crippen molar-refractivity contribution in [1.29, 1.82) is 0 Å². The number of methoxy groups -OCH3 is 1. The van der Waals surface area contributed by atoms with Crippen LogP contribution in [-0.4, -0.2) is 7.11 Å². The minimum absolute atomic E-state index is 0.909. The summed E-state index contributed by atoms with van der Waals surface area (Å²) in [6.45, 7) is 0. The van der Waals surface area contributed by atoms with Crippen LogP contribution in [0.1, 0.15) is 16.7 Å². The average molecular weight is 399 g/mol. The van der Waals surface area contributed by atoms with Gasteiger partial charge in [0.1, 0.15) is 5.75 Å². The van der Waals surface area contributed by atoms with Gasteiger partial charge < -0.3 is 4.74 Å². The van der Waals surface area contributed by atoms with Gasteiger partial charge in [0, 0.05) is 22.2 Å². The Kier molecular flexibility index (Phi) is 7.87. The van der Waals surface area contributed by atoms with Crippen molar-refractivity contribution in [1.82, 2.24) is 0 Å². The van der Waals surface area contributed by atoms with Gasteiger partial charge in [0.05, 0.1) is 7.11 Å². The van der Waals surface area contributed by atoms with Crippen LogP contribution < -0.4 is 4.74 Å². The summed E-state index contributed by atoms with van der Waals surface area (Å²) in [5, 5.41) is 0. The first-order chi connectivity index (χ1) is 12.8. The molecule has 26 heavy (non-hydrogen) atoms. The Morgan fingerprint density at radius 2 is 1.38 bits per heavy atom. The number of hydrogen-bond donors (Lipinski definition) is 0. The summed E-state index contributed by atoms with van der Waals surface area (Å²) in [5.74, 6) is 4.01. The summed E-state index contributed by atoms with van der Waals surface area (Å²) < 4.78 is 5.20. The third-order valence-corrected chi connectivity index (χ3v) is 7.19. The Morgan fingerprint density at radius 1 is 0.692 bits per heavy atom. The van der Waals surface area contributed by atoms with E-state index in [1.165, 1.54) is 21.6 Å². The molecule has 0 fully saturated rings. The first-order valence-electron chi connectivity index (χ1n) is 8.46. The van der Waals surface area contributed by atoms with Gasteiger partial charge in [0.2, 0.25) is 0 Å². The molecule has 0 aliphatic heterocycles. The molecule has 0 bridgehead atoms. The molecule has 0 heterocycles. The highest BCUT2D eigenvalue weighted by molar-refractivity contribution is 8.76. The predicted octanol–water partition coefficient (Wildman–Crippen LogP) is 7.07. The molecule has 0 aliphatic rings. The monoisotopic (exact) mass is 398 g/mol. The molecule has 0 unspecified atom stereocenters. The number of hydrogen-bond acceptors (Lipinski definition) is 4. The molecular formula is C22H22OS3. The summed E-state index contributed by atoms with van der Waals surface area (Å²) in [4.78, 5) is 1.32. The molecule has 0 saturated carbocycles. The summed E-state index contributed by atoms with van der Waals surface area (Å²) in [7, 11) is 5.42. The van der Waals surface area contributed by atoms with E-state index in [0.29, 0.717) is 0 Å². The molecule has 0 N–H and O–H groups in total.